The molecule has 4 aliphatic rings. The summed E-state index contributed by atoms with van der Waals surface area (Å²) in [6.07, 6.45) is 8.75. The Labute approximate surface area is 110 Å². The average Bonchev–Trinajstić information content (AvgIpc) is 3.25. The minimum absolute atomic E-state index is 0.441. The first-order valence-electron chi connectivity index (χ1n) is 7.85. The van der Waals surface area contributed by atoms with E-state index in [2.05, 4.69) is 9.80 Å². The van der Waals surface area contributed by atoms with Gasteiger partial charge in [0.05, 0.1) is 0 Å². The van der Waals surface area contributed by atoms with Gasteiger partial charge in [0.2, 0.25) is 5.91 Å². The van der Waals surface area contributed by atoms with E-state index in [1.54, 1.807) is 0 Å². The smallest absolute Gasteiger partial charge is 0.222 e. The quantitative estimate of drug-likeness (QED) is 0.758. The van der Waals surface area contributed by atoms with Crippen molar-refractivity contribution in [3.05, 3.63) is 0 Å². The number of rotatable bonds is 4. The summed E-state index contributed by atoms with van der Waals surface area (Å²) in [5, 5.41) is 0. The van der Waals surface area contributed by atoms with E-state index >= 15 is 0 Å². The molecule has 1 amide bonds. The van der Waals surface area contributed by atoms with E-state index in [1.165, 1.54) is 45.2 Å². The van der Waals surface area contributed by atoms with Gasteiger partial charge in [-0.3, -0.25) is 9.69 Å². The standard InChI is InChI=1S/C15H24N2O/c18-15-6-5-13-14(17(15)10-12-3-4-12)7-8-16(13)9-11-1-2-11/h11-14H,1-10H2/t13-,14-/m1/s1. The first kappa shape index (κ1) is 11.3. The molecular formula is C15H24N2O. The molecule has 0 radical (unpaired) electrons. The Morgan fingerprint density at radius 3 is 2.33 bits per heavy atom. The van der Waals surface area contributed by atoms with Crippen molar-refractivity contribution in [1.82, 2.24) is 9.80 Å². The molecule has 0 spiro atoms. The topological polar surface area (TPSA) is 23.6 Å². The minimum Gasteiger partial charge on any atom is -0.338 e. The van der Waals surface area contributed by atoms with Crippen molar-refractivity contribution in [1.29, 1.82) is 0 Å². The van der Waals surface area contributed by atoms with E-state index in [0.29, 0.717) is 18.0 Å². The number of piperidine rings is 1. The fourth-order valence-corrected chi connectivity index (χ4v) is 3.91. The molecule has 3 nitrogen and oxygen atoms in total. The Hall–Kier alpha value is -0.570. The van der Waals surface area contributed by atoms with Crippen LogP contribution in [-0.4, -0.2) is 47.4 Å². The number of nitrogens with zero attached hydrogens (tertiary/aromatic N) is 2. The molecule has 0 bridgehead atoms. The van der Waals surface area contributed by atoms with Gasteiger partial charge in [0, 0.05) is 38.1 Å². The maximum absolute atomic E-state index is 12.1. The van der Waals surface area contributed by atoms with Gasteiger partial charge in [0.1, 0.15) is 0 Å². The molecule has 4 rings (SSSR count). The van der Waals surface area contributed by atoms with Gasteiger partial charge in [0.15, 0.2) is 0 Å². The van der Waals surface area contributed by atoms with Crippen molar-refractivity contribution in [3.63, 3.8) is 0 Å². The lowest BCUT2D eigenvalue weighted by atomic mass is 9.95. The normalized spacial score (nSPS) is 37.1. The first-order valence-corrected chi connectivity index (χ1v) is 7.85. The van der Waals surface area contributed by atoms with Gasteiger partial charge < -0.3 is 4.90 Å². The highest BCUT2D eigenvalue weighted by molar-refractivity contribution is 5.77. The zero-order chi connectivity index (χ0) is 12.1. The average molecular weight is 248 g/mol. The molecule has 2 saturated heterocycles. The molecule has 2 saturated carbocycles. The lowest BCUT2D eigenvalue weighted by molar-refractivity contribution is -0.138. The highest BCUT2D eigenvalue weighted by atomic mass is 16.2. The summed E-state index contributed by atoms with van der Waals surface area (Å²) in [4.78, 5) is 17.1. The lowest BCUT2D eigenvalue weighted by Gasteiger charge is -2.40. The molecule has 3 heteroatoms. The first-order chi connectivity index (χ1) is 8.81. The van der Waals surface area contributed by atoms with Gasteiger partial charge in [-0.1, -0.05) is 0 Å². The SMILES string of the molecule is O=C1CC[C@@H]2[C@@H](CCN2CC2CC2)N1CC1CC1. The van der Waals surface area contributed by atoms with Crippen LogP contribution >= 0.6 is 0 Å². The summed E-state index contributed by atoms with van der Waals surface area (Å²) in [6.45, 7) is 3.62. The van der Waals surface area contributed by atoms with Gasteiger partial charge in [-0.15, -0.1) is 0 Å². The van der Waals surface area contributed by atoms with Crippen LogP contribution < -0.4 is 0 Å². The van der Waals surface area contributed by atoms with Crippen LogP contribution in [0.2, 0.25) is 0 Å². The summed E-state index contributed by atoms with van der Waals surface area (Å²) >= 11 is 0. The number of hydrogen-bond acceptors (Lipinski definition) is 2. The maximum atomic E-state index is 12.1. The Bertz CT molecular complexity index is 348. The Kier molecular flexibility index (Phi) is 2.65. The van der Waals surface area contributed by atoms with E-state index in [4.69, 9.17) is 0 Å². The third-order valence-electron chi connectivity index (χ3n) is 5.34. The summed E-state index contributed by atoms with van der Waals surface area (Å²) in [5.41, 5.74) is 0. The van der Waals surface area contributed by atoms with Crippen LogP contribution in [0.3, 0.4) is 0 Å². The zero-order valence-corrected chi connectivity index (χ0v) is 11.2. The fourth-order valence-electron chi connectivity index (χ4n) is 3.91. The van der Waals surface area contributed by atoms with Crippen molar-refractivity contribution in [2.75, 3.05) is 19.6 Å². The van der Waals surface area contributed by atoms with Crippen molar-refractivity contribution in [3.8, 4) is 0 Å². The third kappa shape index (κ3) is 2.07. The van der Waals surface area contributed by atoms with E-state index in [0.717, 1.165) is 31.2 Å². The molecule has 2 aliphatic carbocycles. The number of carbonyl (C=O) groups is 1. The van der Waals surface area contributed by atoms with E-state index < -0.39 is 0 Å². The van der Waals surface area contributed by atoms with Gasteiger partial charge >= 0.3 is 0 Å². The van der Waals surface area contributed by atoms with Gasteiger partial charge in [-0.2, -0.15) is 0 Å². The lowest BCUT2D eigenvalue weighted by Crippen LogP contribution is -2.53. The molecule has 2 atom stereocenters. The molecule has 0 aromatic heterocycles. The van der Waals surface area contributed by atoms with Gasteiger partial charge in [-0.05, 0) is 50.4 Å². The number of fused-ring (bicyclic) bond motifs is 1. The summed E-state index contributed by atoms with van der Waals surface area (Å²) in [6, 6.07) is 1.26. The molecular weight excluding hydrogens is 224 g/mol. The Morgan fingerprint density at radius 2 is 1.61 bits per heavy atom. The number of carbonyl (C=O) groups excluding carboxylic acids is 1. The van der Waals surface area contributed by atoms with Crippen molar-refractivity contribution in [2.24, 2.45) is 11.8 Å². The number of amides is 1. The second kappa shape index (κ2) is 4.22. The molecule has 100 valence electrons. The Balaban J connectivity index is 1.45. The van der Waals surface area contributed by atoms with Crippen LogP contribution in [0.15, 0.2) is 0 Å². The maximum Gasteiger partial charge on any atom is 0.222 e. The van der Waals surface area contributed by atoms with Crippen LogP contribution in [0.4, 0.5) is 0 Å². The second-order valence-corrected chi connectivity index (χ2v) is 6.89. The van der Waals surface area contributed by atoms with Crippen LogP contribution in [0.5, 0.6) is 0 Å². The van der Waals surface area contributed by atoms with Crippen LogP contribution in [-0.2, 0) is 4.79 Å². The predicted molar refractivity (Wildman–Crippen MR) is 70.2 cm³/mol. The molecule has 0 unspecified atom stereocenters. The van der Waals surface area contributed by atoms with Crippen molar-refractivity contribution >= 4 is 5.91 Å². The van der Waals surface area contributed by atoms with Gasteiger partial charge in [-0.25, -0.2) is 0 Å². The molecule has 2 heterocycles. The van der Waals surface area contributed by atoms with Crippen LogP contribution in [0, 0.1) is 11.8 Å². The van der Waals surface area contributed by atoms with E-state index in [-0.39, 0.29) is 0 Å². The van der Waals surface area contributed by atoms with Crippen LogP contribution in [0.25, 0.3) is 0 Å². The largest absolute Gasteiger partial charge is 0.338 e. The highest BCUT2D eigenvalue weighted by Gasteiger charge is 2.45. The monoisotopic (exact) mass is 248 g/mol. The molecule has 0 N–H and O–H groups in total. The Morgan fingerprint density at radius 1 is 0.889 bits per heavy atom. The molecule has 0 aromatic rings. The van der Waals surface area contributed by atoms with E-state index in [1.807, 2.05) is 0 Å². The predicted octanol–water partition coefficient (Wildman–Crippen LogP) is 1.87. The zero-order valence-electron chi connectivity index (χ0n) is 11.2. The van der Waals surface area contributed by atoms with E-state index in [9.17, 15) is 4.79 Å². The summed E-state index contributed by atoms with van der Waals surface area (Å²) in [5.74, 6) is 2.26. The van der Waals surface area contributed by atoms with Crippen molar-refractivity contribution in [2.45, 2.75) is 57.0 Å². The molecule has 4 fully saturated rings. The van der Waals surface area contributed by atoms with Gasteiger partial charge in [0.25, 0.3) is 0 Å². The molecule has 18 heavy (non-hydrogen) atoms. The second-order valence-electron chi connectivity index (χ2n) is 6.89. The highest BCUT2D eigenvalue weighted by Crippen LogP contribution is 2.38. The molecule has 2 aliphatic heterocycles. The van der Waals surface area contributed by atoms with Crippen molar-refractivity contribution < 1.29 is 4.79 Å². The number of likely N-dealkylation sites (tertiary alicyclic amines) is 2. The number of hydrogen-bond donors (Lipinski definition) is 0. The van der Waals surface area contributed by atoms with Crippen LogP contribution in [0.1, 0.15) is 44.9 Å². The third-order valence-corrected chi connectivity index (χ3v) is 5.34. The molecule has 0 aromatic carbocycles. The summed E-state index contributed by atoms with van der Waals surface area (Å²) in [7, 11) is 0. The fraction of sp³-hybridized carbons (Fsp3) is 0.933. The minimum atomic E-state index is 0.441. The summed E-state index contributed by atoms with van der Waals surface area (Å²) < 4.78 is 0.